The van der Waals surface area contributed by atoms with Crippen LogP contribution in [0.4, 0.5) is 5.69 Å². The lowest BCUT2D eigenvalue weighted by molar-refractivity contribution is -0.0105. The molecule has 180 valence electrons. The molecule has 7 nitrogen and oxygen atoms in total. The number of halogens is 1. The number of piperazine rings is 1. The molecule has 32 heavy (non-hydrogen) atoms. The van der Waals surface area contributed by atoms with Crippen LogP contribution in [0.5, 0.6) is 5.75 Å². The van der Waals surface area contributed by atoms with E-state index in [9.17, 15) is 0 Å². The number of thioether (sulfide) groups is 1. The number of benzene rings is 1. The lowest BCUT2D eigenvalue weighted by Crippen LogP contribution is -2.57. The van der Waals surface area contributed by atoms with Crippen molar-refractivity contribution in [3.63, 3.8) is 0 Å². The molecule has 1 aromatic rings. The van der Waals surface area contributed by atoms with Gasteiger partial charge in [-0.05, 0) is 31.2 Å². The third kappa shape index (κ3) is 5.95. The maximum atomic E-state index is 5.61. The Kier molecular flexibility index (Phi) is 10.1. The van der Waals surface area contributed by atoms with Crippen LogP contribution in [-0.4, -0.2) is 105 Å². The van der Waals surface area contributed by atoms with Crippen molar-refractivity contribution < 1.29 is 9.47 Å². The monoisotopic (exact) mass is 575 g/mol. The van der Waals surface area contributed by atoms with Crippen LogP contribution in [0.15, 0.2) is 29.3 Å². The summed E-state index contributed by atoms with van der Waals surface area (Å²) < 4.78 is 11.2. The number of aliphatic imine (C=N–C) groups is 1. The van der Waals surface area contributed by atoms with Gasteiger partial charge in [0.15, 0.2) is 5.96 Å². The number of methoxy groups -OCH3 is 1. The van der Waals surface area contributed by atoms with Crippen molar-refractivity contribution in [2.45, 2.75) is 18.9 Å². The first kappa shape index (κ1) is 25.7. The molecule has 3 aliphatic rings. The lowest BCUT2D eigenvalue weighted by Gasteiger charge is -2.42. The van der Waals surface area contributed by atoms with Gasteiger partial charge >= 0.3 is 0 Å². The summed E-state index contributed by atoms with van der Waals surface area (Å²) in [7, 11) is 1.75. The molecule has 3 aliphatic heterocycles. The number of nitrogens with zero attached hydrogens (tertiary/aromatic N) is 4. The van der Waals surface area contributed by atoms with Crippen LogP contribution in [0.3, 0.4) is 0 Å². The number of guanidine groups is 1. The SMILES string of the molecule is CCNC(=NCC1(N2CCOCC2)CCSC1)N1CCN(c2ccccc2OC)CC1.I. The van der Waals surface area contributed by atoms with Crippen LogP contribution >= 0.6 is 35.7 Å². The highest BCUT2D eigenvalue weighted by molar-refractivity contribution is 14.0. The van der Waals surface area contributed by atoms with Crippen LogP contribution < -0.4 is 15.0 Å². The first-order valence-corrected chi connectivity index (χ1v) is 12.7. The molecule has 4 rings (SSSR count). The number of hydrogen-bond donors (Lipinski definition) is 1. The molecule has 0 bridgehead atoms. The fourth-order valence-electron chi connectivity index (χ4n) is 4.81. The molecule has 3 heterocycles. The molecular formula is C23H38IN5O2S. The smallest absolute Gasteiger partial charge is 0.194 e. The number of ether oxygens (including phenoxy) is 2. The Balaban J connectivity index is 0.00000289. The van der Waals surface area contributed by atoms with Gasteiger partial charge in [0.25, 0.3) is 0 Å². The third-order valence-electron chi connectivity index (χ3n) is 6.63. The van der Waals surface area contributed by atoms with Crippen LogP contribution in [-0.2, 0) is 4.74 Å². The normalized spacial score (nSPS) is 24.9. The van der Waals surface area contributed by atoms with Gasteiger partial charge in [0.1, 0.15) is 5.75 Å². The molecule has 0 radical (unpaired) electrons. The average molecular weight is 576 g/mol. The van der Waals surface area contributed by atoms with E-state index in [1.807, 2.05) is 12.1 Å². The van der Waals surface area contributed by atoms with Gasteiger partial charge in [0, 0.05) is 51.6 Å². The standard InChI is InChI=1S/C23H37N5O2S.HI/c1-3-24-22(25-18-23(8-17-31-19-23)28-13-15-30-16-14-28)27-11-9-26(10-12-27)20-6-4-5-7-21(20)29-2;/h4-7H,3,8-19H2,1-2H3,(H,24,25);1H. The van der Waals surface area contributed by atoms with E-state index >= 15 is 0 Å². The molecule has 9 heteroatoms. The number of anilines is 1. The summed E-state index contributed by atoms with van der Waals surface area (Å²) in [5.74, 6) is 4.42. The highest BCUT2D eigenvalue weighted by Crippen LogP contribution is 2.34. The van der Waals surface area contributed by atoms with Gasteiger partial charge < -0.3 is 24.6 Å². The van der Waals surface area contributed by atoms with E-state index in [0.29, 0.717) is 0 Å². The maximum Gasteiger partial charge on any atom is 0.194 e. The number of morpholine rings is 1. The second-order valence-electron chi connectivity index (χ2n) is 8.44. The van der Waals surface area contributed by atoms with Crippen molar-refractivity contribution >= 4 is 47.4 Å². The molecule has 0 saturated carbocycles. The van der Waals surface area contributed by atoms with E-state index in [-0.39, 0.29) is 29.5 Å². The summed E-state index contributed by atoms with van der Waals surface area (Å²) in [6.45, 7) is 11.5. The van der Waals surface area contributed by atoms with Crippen molar-refractivity contribution in [1.82, 2.24) is 15.1 Å². The molecule has 1 unspecified atom stereocenters. The molecule has 0 aromatic heterocycles. The fraction of sp³-hybridized carbons (Fsp3) is 0.696. The van der Waals surface area contributed by atoms with Crippen molar-refractivity contribution in [2.75, 3.05) is 89.1 Å². The van der Waals surface area contributed by atoms with Crippen molar-refractivity contribution in [3.8, 4) is 5.75 Å². The van der Waals surface area contributed by atoms with Gasteiger partial charge in [0.05, 0.1) is 38.1 Å². The van der Waals surface area contributed by atoms with Crippen LogP contribution in [0.2, 0.25) is 0 Å². The summed E-state index contributed by atoms with van der Waals surface area (Å²) in [5.41, 5.74) is 1.37. The zero-order valence-corrected chi connectivity index (χ0v) is 22.6. The Bertz CT molecular complexity index is 733. The first-order valence-electron chi connectivity index (χ1n) is 11.6. The number of hydrogen-bond acceptors (Lipinski definition) is 6. The summed E-state index contributed by atoms with van der Waals surface area (Å²) in [6, 6.07) is 8.30. The predicted octanol–water partition coefficient (Wildman–Crippen LogP) is 2.61. The van der Waals surface area contributed by atoms with E-state index in [1.54, 1.807) is 7.11 Å². The minimum absolute atomic E-state index is 0. The minimum atomic E-state index is 0. The van der Waals surface area contributed by atoms with Gasteiger partial charge in [-0.15, -0.1) is 24.0 Å². The molecular weight excluding hydrogens is 537 g/mol. The van der Waals surface area contributed by atoms with E-state index in [2.05, 4.69) is 50.8 Å². The highest BCUT2D eigenvalue weighted by Gasteiger charge is 2.40. The predicted molar refractivity (Wildman–Crippen MR) is 145 cm³/mol. The van der Waals surface area contributed by atoms with E-state index in [0.717, 1.165) is 77.3 Å². The Labute approximate surface area is 214 Å². The lowest BCUT2D eigenvalue weighted by atomic mass is 9.96. The third-order valence-corrected chi connectivity index (χ3v) is 7.86. The van der Waals surface area contributed by atoms with Crippen molar-refractivity contribution in [2.24, 2.45) is 4.99 Å². The zero-order valence-electron chi connectivity index (χ0n) is 19.4. The molecule has 0 aliphatic carbocycles. The largest absolute Gasteiger partial charge is 0.495 e. The molecule has 1 atom stereocenters. The Morgan fingerprint density at radius 3 is 2.56 bits per heavy atom. The highest BCUT2D eigenvalue weighted by atomic mass is 127. The molecule has 3 fully saturated rings. The average Bonchev–Trinajstić information content (AvgIpc) is 3.33. The quantitative estimate of drug-likeness (QED) is 0.318. The summed E-state index contributed by atoms with van der Waals surface area (Å²) in [6.07, 6.45) is 1.22. The molecule has 0 spiro atoms. The summed E-state index contributed by atoms with van der Waals surface area (Å²) in [4.78, 5) is 12.7. The number of rotatable bonds is 6. The van der Waals surface area contributed by atoms with Crippen LogP contribution in [0.1, 0.15) is 13.3 Å². The van der Waals surface area contributed by atoms with E-state index in [1.165, 1.54) is 23.6 Å². The summed E-state index contributed by atoms with van der Waals surface area (Å²) >= 11 is 2.07. The van der Waals surface area contributed by atoms with Gasteiger partial charge in [-0.25, -0.2) is 0 Å². The molecule has 0 amide bonds. The Hall–Kier alpha value is -0.910. The van der Waals surface area contributed by atoms with E-state index < -0.39 is 0 Å². The zero-order chi connectivity index (χ0) is 21.5. The van der Waals surface area contributed by atoms with Crippen molar-refractivity contribution in [1.29, 1.82) is 0 Å². The van der Waals surface area contributed by atoms with Gasteiger partial charge in [-0.1, -0.05) is 12.1 Å². The van der Waals surface area contributed by atoms with Crippen LogP contribution in [0.25, 0.3) is 0 Å². The van der Waals surface area contributed by atoms with Gasteiger partial charge in [-0.3, -0.25) is 9.89 Å². The molecule has 1 aromatic carbocycles. The molecule has 1 N–H and O–H groups in total. The topological polar surface area (TPSA) is 52.6 Å². The van der Waals surface area contributed by atoms with Gasteiger partial charge in [0.2, 0.25) is 0 Å². The molecule has 3 saturated heterocycles. The van der Waals surface area contributed by atoms with Crippen molar-refractivity contribution in [3.05, 3.63) is 24.3 Å². The van der Waals surface area contributed by atoms with Crippen LogP contribution in [0, 0.1) is 0 Å². The Morgan fingerprint density at radius 1 is 1.16 bits per heavy atom. The van der Waals surface area contributed by atoms with E-state index in [4.69, 9.17) is 14.5 Å². The fourth-order valence-corrected chi connectivity index (χ4v) is 6.27. The number of nitrogens with one attached hydrogen (secondary N) is 1. The first-order chi connectivity index (χ1) is 15.3. The second-order valence-corrected chi connectivity index (χ2v) is 9.55. The maximum absolute atomic E-state index is 5.61. The van der Waals surface area contributed by atoms with Gasteiger partial charge in [-0.2, -0.15) is 11.8 Å². The number of para-hydroxylation sites is 2. The second kappa shape index (κ2) is 12.5. The minimum Gasteiger partial charge on any atom is -0.495 e. The Morgan fingerprint density at radius 2 is 1.91 bits per heavy atom. The summed E-state index contributed by atoms with van der Waals surface area (Å²) in [5, 5.41) is 3.56.